The standard InChI is InChI=1S/C17H21NO4/c1-10-8-13(9-11(2)12(10)3)15(19)16(20)18-7-5-4-6-14(18)17(21)22/h8-9,14H,4-7H2,1-3H3,(H,21,22)/t14-/m0/s1. The molecule has 1 heterocycles. The van der Waals surface area contributed by atoms with Crippen molar-refractivity contribution in [2.24, 2.45) is 0 Å². The Morgan fingerprint density at radius 2 is 1.68 bits per heavy atom. The van der Waals surface area contributed by atoms with Crippen LogP contribution in [0.15, 0.2) is 12.1 Å². The molecule has 118 valence electrons. The molecule has 1 fully saturated rings. The van der Waals surface area contributed by atoms with Crippen LogP contribution in [0, 0.1) is 20.8 Å². The number of ketones is 1. The van der Waals surface area contributed by atoms with Crippen LogP contribution in [0.25, 0.3) is 0 Å². The van der Waals surface area contributed by atoms with Crippen molar-refractivity contribution in [3.05, 3.63) is 34.4 Å². The molecular weight excluding hydrogens is 282 g/mol. The van der Waals surface area contributed by atoms with Crippen molar-refractivity contribution in [1.29, 1.82) is 0 Å². The van der Waals surface area contributed by atoms with Gasteiger partial charge in [-0.15, -0.1) is 0 Å². The van der Waals surface area contributed by atoms with Crippen LogP contribution in [0.4, 0.5) is 0 Å². The summed E-state index contributed by atoms with van der Waals surface area (Å²) in [6.45, 7) is 6.08. The van der Waals surface area contributed by atoms with Crippen LogP contribution in [0.5, 0.6) is 0 Å². The number of carboxylic acids is 1. The number of hydrogen-bond donors (Lipinski definition) is 1. The van der Waals surface area contributed by atoms with Gasteiger partial charge in [-0.1, -0.05) is 0 Å². The number of carbonyl (C=O) groups is 3. The van der Waals surface area contributed by atoms with Gasteiger partial charge in [0.05, 0.1) is 0 Å². The summed E-state index contributed by atoms with van der Waals surface area (Å²) in [5.41, 5.74) is 3.32. The molecule has 1 atom stereocenters. The normalized spacial score (nSPS) is 18.1. The largest absolute Gasteiger partial charge is 0.480 e. The summed E-state index contributed by atoms with van der Waals surface area (Å²) >= 11 is 0. The molecule has 5 nitrogen and oxygen atoms in total. The molecule has 0 spiro atoms. The van der Waals surface area contributed by atoms with Crippen molar-refractivity contribution in [2.45, 2.75) is 46.1 Å². The number of piperidine rings is 1. The topological polar surface area (TPSA) is 74.7 Å². The number of Topliss-reactive ketones (excluding diaryl/α,β-unsaturated/α-hetero) is 1. The van der Waals surface area contributed by atoms with Crippen LogP contribution in [0.1, 0.15) is 46.3 Å². The van der Waals surface area contributed by atoms with Gasteiger partial charge in [-0.05, 0) is 68.9 Å². The first-order valence-electron chi connectivity index (χ1n) is 7.49. The molecule has 1 amide bonds. The van der Waals surface area contributed by atoms with Crippen LogP contribution < -0.4 is 0 Å². The Kier molecular flexibility index (Phi) is 4.64. The molecule has 0 saturated carbocycles. The Balaban J connectivity index is 2.28. The van der Waals surface area contributed by atoms with E-state index in [1.54, 1.807) is 12.1 Å². The Bertz CT molecular complexity index is 613. The third-order valence-corrected chi connectivity index (χ3v) is 4.43. The Labute approximate surface area is 129 Å². The van der Waals surface area contributed by atoms with Gasteiger partial charge < -0.3 is 10.0 Å². The summed E-state index contributed by atoms with van der Waals surface area (Å²) < 4.78 is 0. The highest BCUT2D eigenvalue weighted by molar-refractivity contribution is 6.43. The molecule has 0 aliphatic carbocycles. The fourth-order valence-corrected chi connectivity index (χ4v) is 2.85. The summed E-state index contributed by atoms with van der Waals surface area (Å²) in [7, 11) is 0. The van der Waals surface area contributed by atoms with Gasteiger partial charge in [0.25, 0.3) is 5.91 Å². The summed E-state index contributed by atoms with van der Waals surface area (Å²) in [5.74, 6) is -2.38. The minimum Gasteiger partial charge on any atom is -0.480 e. The lowest BCUT2D eigenvalue weighted by atomic mass is 9.96. The van der Waals surface area contributed by atoms with Crippen LogP contribution in [-0.2, 0) is 9.59 Å². The molecule has 22 heavy (non-hydrogen) atoms. The van der Waals surface area contributed by atoms with Gasteiger partial charge in [-0.3, -0.25) is 9.59 Å². The van der Waals surface area contributed by atoms with Gasteiger partial charge in [0.15, 0.2) is 0 Å². The molecule has 0 radical (unpaired) electrons. The summed E-state index contributed by atoms with van der Waals surface area (Å²) in [4.78, 5) is 37.4. The van der Waals surface area contributed by atoms with E-state index in [0.717, 1.165) is 29.5 Å². The number of carboxylic acid groups (broad SMARTS) is 1. The van der Waals surface area contributed by atoms with Gasteiger partial charge in [0, 0.05) is 12.1 Å². The van der Waals surface area contributed by atoms with E-state index in [0.29, 0.717) is 18.5 Å². The fourth-order valence-electron chi connectivity index (χ4n) is 2.85. The van der Waals surface area contributed by atoms with Gasteiger partial charge >= 0.3 is 5.97 Å². The Morgan fingerprint density at radius 3 is 2.23 bits per heavy atom. The second-order valence-electron chi connectivity index (χ2n) is 5.91. The van der Waals surface area contributed by atoms with Crippen LogP contribution >= 0.6 is 0 Å². The van der Waals surface area contributed by atoms with Crippen molar-refractivity contribution in [3.63, 3.8) is 0 Å². The molecule has 2 rings (SSSR count). The van der Waals surface area contributed by atoms with E-state index in [1.165, 1.54) is 4.90 Å². The van der Waals surface area contributed by atoms with E-state index in [-0.39, 0.29) is 0 Å². The third-order valence-electron chi connectivity index (χ3n) is 4.43. The SMILES string of the molecule is Cc1cc(C(=O)C(=O)N2CCCC[C@H]2C(=O)O)cc(C)c1C. The first kappa shape index (κ1) is 16.2. The van der Waals surface area contributed by atoms with Crippen molar-refractivity contribution in [1.82, 2.24) is 4.90 Å². The average molecular weight is 303 g/mol. The van der Waals surface area contributed by atoms with Crippen molar-refractivity contribution in [2.75, 3.05) is 6.54 Å². The Morgan fingerprint density at radius 1 is 1.09 bits per heavy atom. The molecule has 1 aromatic rings. The quantitative estimate of drug-likeness (QED) is 0.686. The van der Waals surface area contributed by atoms with Crippen molar-refractivity contribution < 1.29 is 19.5 Å². The van der Waals surface area contributed by atoms with Crippen molar-refractivity contribution >= 4 is 17.7 Å². The zero-order chi connectivity index (χ0) is 16.4. The average Bonchev–Trinajstić information content (AvgIpc) is 2.50. The number of likely N-dealkylation sites (tertiary alicyclic amines) is 1. The molecule has 0 aromatic heterocycles. The number of benzene rings is 1. The molecule has 1 aliphatic rings. The molecule has 1 saturated heterocycles. The number of amides is 1. The van der Waals surface area contributed by atoms with Crippen LogP contribution in [0.3, 0.4) is 0 Å². The van der Waals surface area contributed by atoms with E-state index in [2.05, 4.69) is 0 Å². The maximum Gasteiger partial charge on any atom is 0.326 e. The number of carbonyl (C=O) groups excluding carboxylic acids is 2. The summed E-state index contributed by atoms with van der Waals surface area (Å²) in [6, 6.07) is 2.50. The highest BCUT2D eigenvalue weighted by Gasteiger charge is 2.35. The fraction of sp³-hybridized carbons (Fsp3) is 0.471. The second kappa shape index (κ2) is 6.30. The third kappa shape index (κ3) is 3.03. The molecule has 0 unspecified atom stereocenters. The Hall–Kier alpha value is -2.17. The summed E-state index contributed by atoms with van der Waals surface area (Å²) in [5, 5.41) is 9.23. The smallest absolute Gasteiger partial charge is 0.326 e. The van der Waals surface area contributed by atoms with E-state index < -0.39 is 23.7 Å². The van der Waals surface area contributed by atoms with Crippen LogP contribution in [-0.4, -0.2) is 40.3 Å². The van der Waals surface area contributed by atoms with Gasteiger partial charge in [-0.25, -0.2) is 4.79 Å². The van der Waals surface area contributed by atoms with Gasteiger partial charge in [0.1, 0.15) is 6.04 Å². The molecule has 1 N–H and O–H groups in total. The van der Waals surface area contributed by atoms with Gasteiger partial charge in [-0.2, -0.15) is 0 Å². The first-order chi connectivity index (χ1) is 10.3. The number of hydrogen-bond acceptors (Lipinski definition) is 3. The number of rotatable bonds is 3. The lowest BCUT2D eigenvalue weighted by Crippen LogP contribution is -2.50. The predicted molar refractivity (Wildman–Crippen MR) is 82.0 cm³/mol. The van der Waals surface area contributed by atoms with E-state index >= 15 is 0 Å². The first-order valence-corrected chi connectivity index (χ1v) is 7.49. The molecule has 1 aromatic carbocycles. The van der Waals surface area contributed by atoms with E-state index in [9.17, 15) is 19.5 Å². The maximum atomic E-state index is 12.4. The van der Waals surface area contributed by atoms with Crippen LogP contribution in [0.2, 0.25) is 0 Å². The van der Waals surface area contributed by atoms with E-state index in [1.807, 2.05) is 20.8 Å². The maximum absolute atomic E-state index is 12.4. The number of nitrogens with zero attached hydrogens (tertiary/aromatic N) is 1. The zero-order valence-corrected chi connectivity index (χ0v) is 13.2. The molecule has 1 aliphatic heterocycles. The van der Waals surface area contributed by atoms with Crippen molar-refractivity contribution in [3.8, 4) is 0 Å². The minimum atomic E-state index is -1.04. The zero-order valence-electron chi connectivity index (χ0n) is 13.2. The lowest BCUT2D eigenvalue weighted by Gasteiger charge is -2.32. The minimum absolute atomic E-state index is 0.325. The molecule has 5 heteroatoms. The predicted octanol–water partition coefficient (Wildman–Crippen LogP) is 2.26. The van der Waals surface area contributed by atoms with E-state index in [4.69, 9.17) is 0 Å². The van der Waals surface area contributed by atoms with Gasteiger partial charge in [0.2, 0.25) is 5.78 Å². The second-order valence-corrected chi connectivity index (χ2v) is 5.91. The number of aryl methyl sites for hydroxylation is 2. The number of aliphatic carboxylic acids is 1. The summed E-state index contributed by atoms with van der Waals surface area (Å²) in [6.07, 6.45) is 1.90. The monoisotopic (exact) mass is 303 g/mol. The highest BCUT2D eigenvalue weighted by atomic mass is 16.4. The molecule has 0 bridgehead atoms. The highest BCUT2D eigenvalue weighted by Crippen LogP contribution is 2.20. The molecular formula is C17H21NO4. The lowest BCUT2D eigenvalue weighted by molar-refractivity contribution is -0.150.